The zero-order chi connectivity index (χ0) is 19.3. The summed E-state index contributed by atoms with van der Waals surface area (Å²) in [6.45, 7) is 5.21. The molecular weight excluding hydrogens is 338 g/mol. The summed E-state index contributed by atoms with van der Waals surface area (Å²) in [4.78, 5) is 14.2. The molecule has 1 heterocycles. The fourth-order valence-corrected chi connectivity index (χ4v) is 3.48. The van der Waals surface area contributed by atoms with Gasteiger partial charge in [-0.3, -0.25) is 0 Å². The summed E-state index contributed by atoms with van der Waals surface area (Å²) in [5.41, 5.74) is 6.82. The Bertz CT molecular complexity index is 525. The second-order valence-corrected chi connectivity index (χ2v) is 7.49. The summed E-state index contributed by atoms with van der Waals surface area (Å²) in [6.07, 6.45) is 10.3. The molecule has 2 amide bonds. The quantitative estimate of drug-likeness (QED) is 0.572. The van der Waals surface area contributed by atoms with Crippen LogP contribution in [0.3, 0.4) is 0 Å². The zero-order valence-corrected chi connectivity index (χ0v) is 16.9. The van der Waals surface area contributed by atoms with E-state index in [9.17, 15) is 4.79 Å². The Kier molecular flexibility index (Phi) is 10.1. The molecule has 1 aliphatic rings. The molecule has 0 aliphatic carbocycles. The van der Waals surface area contributed by atoms with E-state index in [0.29, 0.717) is 6.54 Å². The van der Waals surface area contributed by atoms with Gasteiger partial charge in [-0.15, -0.1) is 0 Å². The predicted octanol–water partition coefficient (Wildman–Crippen LogP) is 4.10. The van der Waals surface area contributed by atoms with Crippen molar-refractivity contribution in [1.29, 1.82) is 0 Å². The van der Waals surface area contributed by atoms with Crippen LogP contribution in [0.25, 0.3) is 0 Å². The van der Waals surface area contributed by atoms with Gasteiger partial charge in [0.05, 0.1) is 0 Å². The minimum absolute atomic E-state index is 0.0770. The first kappa shape index (κ1) is 21.5. The third-order valence-corrected chi connectivity index (χ3v) is 5.19. The number of carbonyl (C=O) groups excluding carboxylic acids is 1. The first-order valence-corrected chi connectivity index (χ1v) is 10.7. The fourth-order valence-electron chi connectivity index (χ4n) is 3.48. The number of nitrogens with zero attached hydrogens (tertiary/aromatic N) is 1. The minimum atomic E-state index is 0.0770. The molecule has 1 saturated heterocycles. The lowest BCUT2D eigenvalue weighted by Gasteiger charge is -2.32. The van der Waals surface area contributed by atoms with Crippen LogP contribution < -0.4 is 15.8 Å². The molecule has 0 spiro atoms. The summed E-state index contributed by atoms with van der Waals surface area (Å²) in [6, 6.07) is 8.27. The molecule has 0 aromatic heterocycles. The lowest BCUT2D eigenvalue weighted by Crippen LogP contribution is -2.46. The van der Waals surface area contributed by atoms with E-state index in [1.165, 1.54) is 37.7 Å². The van der Waals surface area contributed by atoms with E-state index >= 15 is 0 Å². The van der Waals surface area contributed by atoms with Crippen LogP contribution >= 0.6 is 0 Å². The Morgan fingerprint density at radius 3 is 2.44 bits per heavy atom. The number of unbranched alkanes of at least 4 members (excludes halogenated alkanes) is 5. The van der Waals surface area contributed by atoms with Crippen molar-refractivity contribution in [1.82, 2.24) is 10.2 Å². The molecule has 1 aliphatic heterocycles. The number of urea groups is 1. The van der Waals surface area contributed by atoms with E-state index in [4.69, 9.17) is 10.5 Å². The number of rotatable bonds is 11. The zero-order valence-electron chi connectivity index (χ0n) is 16.9. The summed E-state index contributed by atoms with van der Waals surface area (Å²) in [5.74, 6) is 0.904. The van der Waals surface area contributed by atoms with Gasteiger partial charge in [-0.2, -0.15) is 0 Å². The summed E-state index contributed by atoms with van der Waals surface area (Å²) < 4.78 is 6.07. The highest BCUT2D eigenvalue weighted by Crippen LogP contribution is 2.20. The summed E-state index contributed by atoms with van der Waals surface area (Å²) in [7, 11) is 0. The van der Waals surface area contributed by atoms with E-state index in [1.807, 2.05) is 17.0 Å². The van der Waals surface area contributed by atoms with E-state index in [-0.39, 0.29) is 12.1 Å². The SMILES string of the molecule is CCCCCCCCNC(=O)N1CCC(Oc2ccc(CCN)cc2)CC1. The van der Waals surface area contributed by atoms with Gasteiger partial charge in [0.2, 0.25) is 0 Å². The van der Waals surface area contributed by atoms with E-state index in [1.54, 1.807) is 0 Å². The minimum Gasteiger partial charge on any atom is -0.490 e. The molecular formula is C22H37N3O2. The maximum atomic E-state index is 12.3. The Hall–Kier alpha value is -1.75. The van der Waals surface area contributed by atoms with Crippen molar-refractivity contribution >= 4 is 6.03 Å². The Balaban J connectivity index is 1.59. The van der Waals surface area contributed by atoms with Crippen molar-refractivity contribution in [3.63, 3.8) is 0 Å². The molecule has 152 valence electrons. The number of carbonyl (C=O) groups is 1. The number of benzene rings is 1. The van der Waals surface area contributed by atoms with Crippen molar-refractivity contribution < 1.29 is 9.53 Å². The summed E-state index contributed by atoms with van der Waals surface area (Å²) >= 11 is 0. The number of ether oxygens (including phenoxy) is 1. The average Bonchev–Trinajstić information content (AvgIpc) is 2.69. The highest BCUT2D eigenvalue weighted by Gasteiger charge is 2.23. The number of amides is 2. The van der Waals surface area contributed by atoms with Gasteiger partial charge in [-0.05, 0) is 37.1 Å². The van der Waals surface area contributed by atoms with Gasteiger partial charge in [-0.1, -0.05) is 51.2 Å². The van der Waals surface area contributed by atoms with Crippen LogP contribution in [0.15, 0.2) is 24.3 Å². The van der Waals surface area contributed by atoms with E-state index in [0.717, 1.165) is 51.1 Å². The normalized spacial score (nSPS) is 15.0. The maximum absolute atomic E-state index is 12.3. The lowest BCUT2D eigenvalue weighted by atomic mass is 10.1. The van der Waals surface area contributed by atoms with E-state index < -0.39 is 0 Å². The van der Waals surface area contributed by atoms with Crippen molar-refractivity contribution in [3.05, 3.63) is 29.8 Å². The van der Waals surface area contributed by atoms with Gasteiger partial charge < -0.3 is 20.7 Å². The third-order valence-electron chi connectivity index (χ3n) is 5.19. The van der Waals surface area contributed by atoms with Crippen LogP contribution in [0.1, 0.15) is 63.9 Å². The van der Waals surface area contributed by atoms with Crippen molar-refractivity contribution in [2.75, 3.05) is 26.2 Å². The van der Waals surface area contributed by atoms with Crippen LogP contribution in [0.5, 0.6) is 5.75 Å². The molecule has 5 nitrogen and oxygen atoms in total. The molecule has 2 rings (SSSR count). The Morgan fingerprint density at radius 1 is 1.11 bits per heavy atom. The first-order valence-electron chi connectivity index (χ1n) is 10.7. The first-order chi connectivity index (χ1) is 13.2. The van der Waals surface area contributed by atoms with Crippen LogP contribution in [0, 0.1) is 0 Å². The maximum Gasteiger partial charge on any atom is 0.317 e. The standard InChI is InChI=1S/C22H37N3O2/c1-2-3-4-5-6-7-16-24-22(26)25-17-13-21(14-18-25)27-20-10-8-19(9-11-20)12-15-23/h8-11,21H,2-7,12-18,23H2,1H3,(H,24,26). The molecule has 0 radical (unpaired) electrons. The molecule has 27 heavy (non-hydrogen) atoms. The Morgan fingerprint density at radius 2 is 1.78 bits per heavy atom. The van der Waals surface area contributed by atoms with Crippen molar-refractivity contribution in [2.45, 2.75) is 70.8 Å². The predicted molar refractivity (Wildman–Crippen MR) is 111 cm³/mol. The second kappa shape index (κ2) is 12.6. The van der Waals surface area contributed by atoms with Crippen LogP contribution in [0.4, 0.5) is 4.79 Å². The highest BCUT2D eigenvalue weighted by molar-refractivity contribution is 5.74. The monoisotopic (exact) mass is 375 g/mol. The van der Waals surface area contributed by atoms with E-state index in [2.05, 4.69) is 24.4 Å². The Labute approximate surface area is 164 Å². The molecule has 0 atom stereocenters. The molecule has 1 aromatic rings. The van der Waals surface area contributed by atoms with Crippen LogP contribution in [-0.2, 0) is 6.42 Å². The van der Waals surface area contributed by atoms with Crippen LogP contribution in [0.2, 0.25) is 0 Å². The number of nitrogens with one attached hydrogen (secondary N) is 1. The van der Waals surface area contributed by atoms with Gasteiger partial charge in [0.25, 0.3) is 0 Å². The summed E-state index contributed by atoms with van der Waals surface area (Å²) in [5, 5.41) is 3.06. The van der Waals surface area contributed by atoms with Gasteiger partial charge in [0, 0.05) is 32.5 Å². The fraction of sp³-hybridized carbons (Fsp3) is 0.682. The third kappa shape index (κ3) is 8.21. The molecule has 1 fully saturated rings. The number of piperidine rings is 1. The van der Waals surface area contributed by atoms with Gasteiger partial charge >= 0.3 is 6.03 Å². The number of likely N-dealkylation sites (tertiary alicyclic amines) is 1. The second-order valence-electron chi connectivity index (χ2n) is 7.49. The number of nitrogens with two attached hydrogens (primary N) is 1. The topological polar surface area (TPSA) is 67.6 Å². The average molecular weight is 376 g/mol. The lowest BCUT2D eigenvalue weighted by molar-refractivity contribution is 0.111. The van der Waals surface area contributed by atoms with Gasteiger partial charge in [0.15, 0.2) is 0 Å². The van der Waals surface area contributed by atoms with Gasteiger partial charge in [-0.25, -0.2) is 4.79 Å². The molecule has 1 aromatic carbocycles. The largest absolute Gasteiger partial charge is 0.490 e. The molecule has 0 saturated carbocycles. The molecule has 3 N–H and O–H groups in total. The smallest absolute Gasteiger partial charge is 0.317 e. The number of hydrogen-bond acceptors (Lipinski definition) is 3. The van der Waals surface area contributed by atoms with Gasteiger partial charge in [0.1, 0.15) is 11.9 Å². The number of hydrogen-bond donors (Lipinski definition) is 2. The van der Waals surface area contributed by atoms with Crippen molar-refractivity contribution in [3.8, 4) is 5.75 Å². The van der Waals surface area contributed by atoms with Crippen molar-refractivity contribution in [2.24, 2.45) is 5.73 Å². The highest BCUT2D eigenvalue weighted by atomic mass is 16.5. The molecule has 0 bridgehead atoms. The molecule has 0 unspecified atom stereocenters. The van der Waals surface area contributed by atoms with Crippen LogP contribution in [-0.4, -0.2) is 43.2 Å². The molecule has 5 heteroatoms.